The summed E-state index contributed by atoms with van der Waals surface area (Å²) in [5, 5.41) is 9.67. The van der Waals surface area contributed by atoms with Gasteiger partial charge in [0.2, 0.25) is 5.78 Å². The number of thioether (sulfide) groups is 1. The van der Waals surface area contributed by atoms with E-state index in [1.165, 1.54) is 17.8 Å². The Labute approximate surface area is 191 Å². The maximum atomic E-state index is 13.0. The van der Waals surface area contributed by atoms with Gasteiger partial charge in [0.25, 0.3) is 5.56 Å². The standard InChI is InChI=1S/C22H21F3N4O3S/c1-31-11-5-10-28-19(30)17-8-2-3-9-18(17)29-20(28)26-27-21(29)33-13-15-6-4-7-16(12-15)32-14-22(23,24)25/h2-4,6-9,12H,5,10-11,13-14H2,1H3. The molecule has 0 saturated heterocycles. The van der Waals surface area contributed by atoms with Crippen LogP contribution in [-0.4, -0.2) is 45.7 Å². The van der Waals surface area contributed by atoms with Gasteiger partial charge in [-0.2, -0.15) is 13.2 Å². The van der Waals surface area contributed by atoms with Crippen molar-refractivity contribution < 1.29 is 22.6 Å². The second-order valence-corrected chi connectivity index (χ2v) is 8.22. The number of aryl methyl sites for hydroxylation is 1. The lowest BCUT2D eigenvalue weighted by atomic mass is 10.2. The smallest absolute Gasteiger partial charge is 0.422 e. The van der Waals surface area contributed by atoms with Crippen LogP contribution in [0.15, 0.2) is 58.5 Å². The molecular formula is C22H21F3N4O3S. The normalized spacial score (nSPS) is 12.0. The van der Waals surface area contributed by atoms with E-state index in [2.05, 4.69) is 10.2 Å². The molecule has 11 heteroatoms. The van der Waals surface area contributed by atoms with E-state index < -0.39 is 12.8 Å². The van der Waals surface area contributed by atoms with Crippen molar-refractivity contribution >= 4 is 28.4 Å². The molecule has 0 saturated carbocycles. The van der Waals surface area contributed by atoms with E-state index in [0.717, 1.165) is 5.56 Å². The van der Waals surface area contributed by atoms with Crippen LogP contribution in [0.4, 0.5) is 13.2 Å². The number of halogens is 3. The molecule has 0 unspecified atom stereocenters. The van der Waals surface area contributed by atoms with Crippen LogP contribution in [0.25, 0.3) is 16.7 Å². The molecule has 33 heavy (non-hydrogen) atoms. The molecule has 0 aliphatic rings. The van der Waals surface area contributed by atoms with Gasteiger partial charge < -0.3 is 9.47 Å². The topological polar surface area (TPSA) is 70.7 Å². The highest BCUT2D eigenvalue weighted by Gasteiger charge is 2.28. The van der Waals surface area contributed by atoms with Gasteiger partial charge in [-0.3, -0.25) is 13.8 Å². The van der Waals surface area contributed by atoms with E-state index in [-0.39, 0.29) is 11.3 Å². The van der Waals surface area contributed by atoms with Crippen molar-refractivity contribution in [3.8, 4) is 5.75 Å². The van der Waals surface area contributed by atoms with E-state index in [0.29, 0.717) is 47.2 Å². The summed E-state index contributed by atoms with van der Waals surface area (Å²) in [4.78, 5) is 13.0. The monoisotopic (exact) mass is 478 g/mol. The van der Waals surface area contributed by atoms with Crippen LogP contribution < -0.4 is 10.3 Å². The second-order valence-electron chi connectivity index (χ2n) is 7.28. The molecule has 0 atom stereocenters. The minimum atomic E-state index is -4.40. The third-order valence-corrected chi connectivity index (χ3v) is 5.88. The number of nitrogens with zero attached hydrogens (tertiary/aromatic N) is 4. The highest BCUT2D eigenvalue weighted by Crippen LogP contribution is 2.27. The number of methoxy groups -OCH3 is 1. The number of ether oxygens (including phenoxy) is 2. The fraction of sp³-hybridized carbons (Fsp3) is 0.318. The number of alkyl halides is 3. The van der Waals surface area contributed by atoms with Crippen LogP contribution in [-0.2, 0) is 17.0 Å². The first-order valence-electron chi connectivity index (χ1n) is 10.1. The van der Waals surface area contributed by atoms with Crippen LogP contribution >= 0.6 is 11.8 Å². The third-order valence-electron chi connectivity index (χ3n) is 4.88. The van der Waals surface area contributed by atoms with Crippen molar-refractivity contribution in [1.29, 1.82) is 0 Å². The van der Waals surface area contributed by atoms with Gasteiger partial charge in [-0.05, 0) is 36.2 Å². The zero-order valence-electron chi connectivity index (χ0n) is 17.7. The number of hydrogen-bond acceptors (Lipinski definition) is 6. The van der Waals surface area contributed by atoms with Crippen LogP contribution in [0.5, 0.6) is 5.75 Å². The van der Waals surface area contributed by atoms with E-state index in [1.807, 2.05) is 16.5 Å². The van der Waals surface area contributed by atoms with Gasteiger partial charge in [0.15, 0.2) is 11.8 Å². The van der Waals surface area contributed by atoms with Gasteiger partial charge in [-0.25, -0.2) is 0 Å². The molecule has 2 heterocycles. The summed E-state index contributed by atoms with van der Waals surface area (Å²) in [7, 11) is 1.60. The zero-order chi connectivity index (χ0) is 23.4. The molecule has 0 aliphatic heterocycles. The molecule has 0 amide bonds. The third kappa shape index (κ3) is 5.31. The lowest BCUT2D eigenvalue weighted by Crippen LogP contribution is -2.24. The Kier molecular flexibility index (Phi) is 6.89. The average molecular weight is 478 g/mol. The van der Waals surface area contributed by atoms with Gasteiger partial charge in [-0.15, -0.1) is 10.2 Å². The highest BCUT2D eigenvalue weighted by atomic mass is 32.2. The largest absolute Gasteiger partial charge is 0.484 e. The molecule has 174 valence electrons. The molecule has 0 N–H and O–H groups in total. The first-order chi connectivity index (χ1) is 15.9. The van der Waals surface area contributed by atoms with Crippen molar-refractivity contribution in [2.75, 3.05) is 20.3 Å². The summed E-state index contributed by atoms with van der Waals surface area (Å²) in [5.41, 5.74) is 1.32. The van der Waals surface area contributed by atoms with Crippen molar-refractivity contribution in [1.82, 2.24) is 19.2 Å². The number of para-hydroxylation sites is 1. The molecule has 0 spiro atoms. The van der Waals surface area contributed by atoms with Gasteiger partial charge >= 0.3 is 6.18 Å². The fourth-order valence-corrected chi connectivity index (χ4v) is 4.32. The van der Waals surface area contributed by atoms with E-state index in [4.69, 9.17) is 9.47 Å². The molecule has 0 fully saturated rings. The fourth-order valence-electron chi connectivity index (χ4n) is 3.43. The SMILES string of the molecule is COCCCn1c(=O)c2ccccc2n2c(SCc3cccc(OCC(F)(F)F)c3)nnc12. The number of hydrogen-bond donors (Lipinski definition) is 0. The predicted molar refractivity (Wildman–Crippen MR) is 119 cm³/mol. The van der Waals surface area contributed by atoms with Crippen LogP contribution in [0.2, 0.25) is 0 Å². The first-order valence-corrected chi connectivity index (χ1v) is 11.1. The Hall–Kier alpha value is -3.05. The summed E-state index contributed by atoms with van der Waals surface area (Å²) >= 11 is 1.37. The van der Waals surface area contributed by atoms with Crippen LogP contribution in [0.3, 0.4) is 0 Å². The minimum absolute atomic E-state index is 0.146. The highest BCUT2D eigenvalue weighted by molar-refractivity contribution is 7.98. The molecule has 2 aromatic heterocycles. The van der Waals surface area contributed by atoms with Gasteiger partial charge in [0.05, 0.1) is 10.9 Å². The maximum Gasteiger partial charge on any atom is 0.422 e. The number of fused-ring (bicyclic) bond motifs is 3. The molecule has 0 aliphatic carbocycles. The van der Waals surface area contributed by atoms with Crippen LogP contribution in [0, 0.1) is 0 Å². The minimum Gasteiger partial charge on any atom is -0.484 e. The van der Waals surface area contributed by atoms with Crippen molar-refractivity contribution in [2.45, 2.75) is 30.1 Å². The molecule has 0 bridgehead atoms. The van der Waals surface area contributed by atoms with Crippen LogP contribution in [0.1, 0.15) is 12.0 Å². The molecule has 0 radical (unpaired) electrons. The maximum absolute atomic E-state index is 13.0. The van der Waals surface area contributed by atoms with Crippen molar-refractivity contribution in [3.63, 3.8) is 0 Å². The number of rotatable bonds is 9. The predicted octanol–water partition coefficient (Wildman–Crippen LogP) is 4.31. The Morgan fingerprint density at radius 1 is 1.09 bits per heavy atom. The number of aromatic nitrogens is 4. The summed E-state index contributed by atoms with van der Waals surface area (Å²) in [5.74, 6) is 1.01. The average Bonchev–Trinajstić information content (AvgIpc) is 3.22. The summed E-state index contributed by atoms with van der Waals surface area (Å²) in [6.45, 7) is -0.401. The van der Waals surface area contributed by atoms with Gasteiger partial charge in [0.1, 0.15) is 5.75 Å². The van der Waals surface area contributed by atoms with Gasteiger partial charge in [0, 0.05) is 26.0 Å². The summed E-state index contributed by atoms with van der Waals surface area (Å²) in [6, 6.07) is 13.7. The molecular weight excluding hydrogens is 457 g/mol. The first kappa shape index (κ1) is 23.1. The van der Waals surface area contributed by atoms with E-state index >= 15 is 0 Å². The quantitative estimate of drug-likeness (QED) is 0.264. The Morgan fingerprint density at radius 3 is 2.70 bits per heavy atom. The van der Waals surface area contributed by atoms with E-state index in [1.54, 1.807) is 42.0 Å². The van der Waals surface area contributed by atoms with Crippen molar-refractivity contribution in [2.24, 2.45) is 0 Å². The zero-order valence-corrected chi connectivity index (χ0v) is 18.5. The molecule has 4 aromatic rings. The number of benzene rings is 2. The Balaban J connectivity index is 1.64. The molecule has 2 aromatic carbocycles. The Bertz CT molecular complexity index is 1320. The van der Waals surface area contributed by atoms with Crippen molar-refractivity contribution in [3.05, 3.63) is 64.4 Å². The van der Waals surface area contributed by atoms with E-state index in [9.17, 15) is 18.0 Å². The lowest BCUT2D eigenvalue weighted by Gasteiger charge is -2.11. The summed E-state index contributed by atoms with van der Waals surface area (Å²) < 4.78 is 50.7. The molecule has 4 rings (SSSR count). The lowest BCUT2D eigenvalue weighted by molar-refractivity contribution is -0.153. The Morgan fingerprint density at radius 2 is 1.91 bits per heavy atom. The van der Waals surface area contributed by atoms with Gasteiger partial charge in [-0.1, -0.05) is 36.0 Å². The molecule has 7 nitrogen and oxygen atoms in total. The second kappa shape index (κ2) is 9.84. The summed E-state index contributed by atoms with van der Waals surface area (Å²) in [6.07, 6.45) is -3.75.